The molecule has 44 heavy (non-hydrogen) atoms. The number of alkyl halides is 3. The fraction of sp³-hybridized carbons (Fsp3) is 0.441. The summed E-state index contributed by atoms with van der Waals surface area (Å²) in [6.45, 7) is 11.9. The third kappa shape index (κ3) is 7.89. The van der Waals surface area contributed by atoms with Gasteiger partial charge in [-0.2, -0.15) is 13.2 Å². The Hall–Kier alpha value is -4.08. The second-order valence-electron chi connectivity index (χ2n) is 12.4. The van der Waals surface area contributed by atoms with Crippen molar-refractivity contribution in [3.05, 3.63) is 89.1 Å². The highest BCUT2D eigenvalue weighted by atomic mass is 19.4. The molecule has 2 aromatic rings. The summed E-state index contributed by atoms with van der Waals surface area (Å²) in [4.78, 5) is 30.3. The Kier molecular flexibility index (Phi) is 9.61. The second-order valence-corrected chi connectivity index (χ2v) is 12.4. The molecule has 1 aliphatic heterocycles. The standard InChI is InChI=1S/C34H40F3N3O4/c1-22(11-12-25-9-7-8-10-28(25)33(17-18-33)30(41)43-6)29(34(35,36)37)19-38-23(2)39-27-15-13-24(14-16-27)26-20-40(21-26)31(42)44-32(3,4)5/h7-10,13-16,19,26H,1,11-12,17-18,20-21H2,2-6H3,(H,38,39)/b29-19+. The lowest BCUT2D eigenvalue weighted by Crippen LogP contribution is -2.50. The van der Waals surface area contributed by atoms with Gasteiger partial charge in [-0.05, 0) is 87.8 Å². The number of allylic oxidation sites excluding steroid dienone is 2. The molecule has 1 aliphatic carbocycles. The number of carbonyl (C=O) groups excluding carboxylic acids is 2. The number of ether oxygens (including phenoxy) is 2. The highest BCUT2D eigenvalue weighted by molar-refractivity contribution is 5.94. The lowest BCUT2D eigenvalue weighted by atomic mass is 9.88. The Morgan fingerprint density at radius 3 is 2.30 bits per heavy atom. The maximum Gasteiger partial charge on any atom is 0.418 e. The zero-order chi connectivity index (χ0) is 32.3. The van der Waals surface area contributed by atoms with Crippen molar-refractivity contribution in [2.45, 2.75) is 76.5 Å². The van der Waals surface area contributed by atoms with Crippen LogP contribution in [-0.4, -0.2) is 54.8 Å². The maximum atomic E-state index is 14.0. The van der Waals surface area contributed by atoms with Crippen LogP contribution in [0, 0.1) is 0 Å². The summed E-state index contributed by atoms with van der Waals surface area (Å²) in [6.07, 6.45) is -2.50. The van der Waals surface area contributed by atoms with E-state index in [1.165, 1.54) is 7.11 Å². The summed E-state index contributed by atoms with van der Waals surface area (Å²) in [5, 5.41) is 3.03. The Labute approximate surface area is 256 Å². The predicted molar refractivity (Wildman–Crippen MR) is 165 cm³/mol. The van der Waals surface area contributed by atoms with Gasteiger partial charge in [-0.15, -0.1) is 0 Å². The van der Waals surface area contributed by atoms with Gasteiger partial charge in [0.1, 0.15) is 11.4 Å². The molecule has 10 heteroatoms. The molecule has 0 bridgehead atoms. The summed E-state index contributed by atoms with van der Waals surface area (Å²) < 4.78 is 52.4. The minimum Gasteiger partial charge on any atom is -0.468 e. The van der Waals surface area contributed by atoms with E-state index < -0.39 is 22.8 Å². The summed E-state index contributed by atoms with van der Waals surface area (Å²) in [5.74, 6) is 0.155. The van der Waals surface area contributed by atoms with Crippen molar-refractivity contribution in [3.63, 3.8) is 0 Å². The normalized spacial score (nSPS) is 17.0. The number of halogens is 3. The van der Waals surface area contributed by atoms with Crippen molar-refractivity contribution in [1.29, 1.82) is 0 Å². The first-order chi connectivity index (χ1) is 20.6. The number of amides is 1. The number of anilines is 1. The van der Waals surface area contributed by atoms with Crippen LogP contribution in [0.5, 0.6) is 0 Å². The molecular weight excluding hydrogens is 571 g/mol. The van der Waals surface area contributed by atoms with E-state index in [-0.39, 0.29) is 35.8 Å². The van der Waals surface area contributed by atoms with Crippen LogP contribution in [0.4, 0.5) is 23.7 Å². The van der Waals surface area contributed by atoms with E-state index in [1.807, 2.05) is 69.3 Å². The molecule has 4 rings (SSSR count). The largest absolute Gasteiger partial charge is 0.468 e. The first-order valence-corrected chi connectivity index (χ1v) is 14.6. The predicted octanol–water partition coefficient (Wildman–Crippen LogP) is 7.69. The van der Waals surface area contributed by atoms with Crippen molar-refractivity contribution in [2.75, 3.05) is 25.5 Å². The van der Waals surface area contributed by atoms with Gasteiger partial charge >= 0.3 is 18.2 Å². The molecule has 1 saturated carbocycles. The molecule has 1 heterocycles. The van der Waals surface area contributed by atoms with E-state index in [0.717, 1.165) is 22.9 Å². The minimum atomic E-state index is -4.64. The van der Waals surface area contributed by atoms with Crippen LogP contribution in [0.15, 0.2) is 77.4 Å². The van der Waals surface area contributed by atoms with Gasteiger partial charge in [0.05, 0.1) is 18.1 Å². The number of methoxy groups -OCH3 is 1. The van der Waals surface area contributed by atoms with Crippen molar-refractivity contribution in [3.8, 4) is 0 Å². The first-order valence-electron chi connectivity index (χ1n) is 14.6. The fourth-order valence-corrected chi connectivity index (χ4v) is 5.30. The van der Waals surface area contributed by atoms with Crippen LogP contribution >= 0.6 is 0 Å². The van der Waals surface area contributed by atoms with Crippen molar-refractivity contribution in [2.24, 2.45) is 4.99 Å². The minimum absolute atomic E-state index is 0.0512. The van der Waals surface area contributed by atoms with Crippen LogP contribution in [-0.2, 0) is 26.1 Å². The molecule has 0 unspecified atom stereocenters. The molecule has 0 spiro atoms. The molecule has 1 N–H and O–H groups in total. The van der Waals surface area contributed by atoms with E-state index in [1.54, 1.807) is 11.8 Å². The lowest BCUT2D eigenvalue weighted by molar-refractivity contribution is -0.143. The van der Waals surface area contributed by atoms with Gasteiger partial charge in [-0.1, -0.05) is 43.0 Å². The third-order valence-corrected chi connectivity index (χ3v) is 7.87. The number of rotatable bonds is 9. The molecule has 1 saturated heterocycles. The molecule has 2 aromatic carbocycles. The second kappa shape index (κ2) is 12.9. The Balaban J connectivity index is 1.36. The molecule has 0 aromatic heterocycles. The van der Waals surface area contributed by atoms with E-state index in [2.05, 4.69) is 16.9 Å². The Morgan fingerprint density at radius 2 is 1.73 bits per heavy atom. The highest BCUT2D eigenvalue weighted by Crippen LogP contribution is 2.50. The number of hydrogen-bond donors (Lipinski definition) is 1. The molecule has 0 radical (unpaired) electrons. The molecular formula is C34H40F3N3O4. The van der Waals surface area contributed by atoms with E-state index in [9.17, 15) is 22.8 Å². The number of likely N-dealkylation sites (tertiary alicyclic amines) is 1. The number of aryl methyl sites for hydroxylation is 1. The molecule has 7 nitrogen and oxygen atoms in total. The quantitative estimate of drug-likeness (QED) is 0.136. The zero-order valence-electron chi connectivity index (χ0n) is 25.9. The van der Waals surface area contributed by atoms with Crippen molar-refractivity contribution >= 4 is 23.6 Å². The number of carbonyl (C=O) groups is 2. The third-order valence-electron chi connectivity index (χ3n) is 7.87. The summed E-state index contributed by atoms with van der Waals surface area (Å²) in [7, 11) is 1.34. The summed E-state index contributed by atoms with van der Waals surface area (Å²) >= 11 is 0. The average Bonchev–Trinajstić information content (AvgIpc) is 3.72. The van der Waals surface area contributed by atoms with Gasteiger partial charge in [0.25, 0.3) is 0 Å². The fourth-order valence-electron chi connectivity index (χ4n) is 5.30. The lowest BCUT2D eigenvalue weighted by Gasteiger charge is -2.40. The van der Waals surface area contributed by atoms with Crippen molar-refractivity contribution in [1.82, 2.24) is 4.90 Å². The van der Waals surface area contributed by atoms with Gasteiger partial charge in [-0.25, -0.2) is 9.79 Å². The molecule has 1 amide bonds. The number of esters is 1. The molecule has 2 fully saturated rings. The van der Waals surface area contributed by atoms with Crippen LogP contribution in [0.3, 0.4) is 0 Å². The maximum absolute atomic E-state index is 14.0. The van der Waals surface area contributed by atoms with E-state index >= 15 is 0 Å². The van der Waals surface area contributed by atoms with Crippen LogP contribution in [0.2, 0.25) is 0 Å². The average molecular weight is 612 g/mol. The number of nitrogens with zero attached hydrogens (tertiary/aromatic N) is 2. The van der Waals surface area contributed by atoms with Gasteiger partial charge in [-0.3, -0.25) is 4.79 Å². The van der Waals surface area contributed by atoms with Gasteiger partial charge < -0.3 is 19.7 Å². The van der Waals surface area contributed by atoms with Crippen LogP contribution < -0.4 is 5.32 Å². The van der Waals surface area contributed by atoms with Crippen molar-refractivity contribution < 1.29 is 32.2 Å². The zero-order valence-corrected chi connectivity index (χ0v) is 25.9. The van der Waals surface area contributed by atoms with Gasteiger partial charge in [0, 0.05) is 30.9 Å². The highest BCUT2D eigenvalue weighted by Gasteiger charge is 2.53. The molecule has 0 atom stereocenters. The van der Waals surface area contributed by atoms with Crippen LogP contribution in [0.1, 0.15) is 69.6 Å². The monoisotopic (exact) mass is 611 g/mol. The van der Waals surface area contributed by atoms with E-state index in [0.29, 0.717) is 38.0 Å². The topological polar surface area (TPSA) is 80.2 Å². The number of nitrogens with one attached hydrogen (secondary N) is 1. The van der Waals surface area contributed by atoms with E-state index in [4.69, 9.17) is 9.47 Å². The number of hydrogen-bond acceptors (Lipinski definition) is 5. The molecule has 236 valence electrons. The summed E-state index contributed by atoms with van der Waals surface area (Å²) in [6, 6.07) is 14.8. The Bertz CT molecular complexity index is 1450. The van der Waals surface area contributed by atoms with Gasteiger partial charge in [0.15, 0.2) is 0 Å². The summed E-state index contributed by atoms with van der Waals surface area (Å²) in [5.41, 5.74) is 1.10. The molecule has 2 aliphatic rings. The smallest absolute Gasteiger partial charge is 0.418 e. The first kappa shape index (κ1) is 32.8. The SMILES string of the molecule is C=C(CCc1ccccc1C1(C(=O)OC)CC1)/C(=C\N=C(C)Nc1ccc(C2CN(C(=O)OC(C)(C)C)C2)cc1)C(F)(F)F. The number of aliphatic imine (C=N–C) groups is 1. The Morgan fingerprint density at radius 1 is 1.09 bits per heavy atom. The number of benzene rings is 2. The van der Waals surface area contributed by atoms with Crippen LogP contribution in [0.25, 0.3) is 0 Å². The number of amidine groups is 1. The van der Waals surface area contributed by atoms with Gasteiger partial charge in [0.2, 0.25) is 0 Å².